The number of carbonyl (C=O) groups excluding carboxylic acids is 1. The molecule has 92 valence electrons. The van der Waals surface area contributed by atoms with Crippen LogP contribution in [0.1, 0.15) is 31.4 Å². The van der Waals surface area contributed by atoms with E-state index >= 15 is 0 Å². The van der Waals surface area contributed by atoms with Gasteiger partial charge in [0.2, 0.25) is 5.91 Å². The summed E-state index contributed by atoms with van der Waals surface area (Å²) in [6.45, 7) is 4.69. The Bertz CT molecular complexity index is 428. The molecule has 2 N–H and O–H groups in total. The molecule has 1 amide bonds. The second-order valence-electron chi connectivity index (χ2n) is 4.67. The van der Waals surface area contributed by atoms with Crippen molar-refractivity contribution in [2.45, 2.75) is 39.2 Å². The van der Waals surface area contributed by atoms with Crippen LogP contribution in [-0.2, 0) is 17.6 Å². The smallest absolute Gasteiger partial charge is 0.226 e. The van der Waals surface area contributed by atoms with Crippen molar-refractivity contribution in [3.05, 3.63) is 29.3 Å². The number of benzene rings is 1. The highest BCUT2D eigenvalue weighted by Crippen LogP contribution is 2.33. The van der Waals surface area contributed by atoms with E-state index in [0.717, 1.165) is 18.5 Å². The lowest BCUT2D eigenvalue weighted by Crippen LogP contribution is -2.35. The number of fused-ring (bicyclic) bond motifs is 1. The number of hydrogen-bond acceptors (Lipinski definition) is 2. The molecule has 0 aliphatic carbocycles. The number of rotatable bonds is 3. The van der Waals surface area contributed by atoms with E-state index in [1.54, 1.807) is 0 Å². The molecule has 1 unspecified atom stereocenters. The first kappa shape index (κ1) is 12.1. The van der Waals surface area contributed by atoms with Crippen LogP contribution in [0.15, 0.2) is 18.2 Å². The number of carbonyl (C=O) groups is 1. The van der Waals surface area contributed by atoms with Crippen LogP contribution >= 0.6 is 0 Å². The van der Waals surface area contributed by atoms with Crippen molar-refractivity contribution in [2.24, 2.45) is 5.73 Å². The van der Waals surface area contributed by atoms with Gasteiger partial charge < -0.3 is 10.6 Å². The minimum Gasteiger partial charge on any atom is -0.330 e. The molecule has 3 heteroatoms. The van der Waals surface area contributed by atoms with E-state index in [2.05, 4.69) is 25.1 Å². The summed E-state index contributed by atoms with van der Waals surface area (Å²) in [5.41, 5.74) is 9.20. The molecule has 1 aliphatic rings. The standard InChI is InChI=1S/C14H20N2O/c1-3-14(17)16-10(2)8-12-9-11(6-7-15)4-5-13(12)16/h4-5,9-10H,3,6-8,15H2,1-2H3. The third-order valence-electron chi connectivity index (χ3n) is 3.36. The van der Waals surface area contributed by atoms with Gasteiger partial charge in [-0.15, -0.1) is 0 Å². The molecule has 0 radical (unpaired) electrons. The van der Waals surface area contributed by atoms with Gasteiger partial charge in [0.1, 0.15) is 0 Å². The molecule has 0 bridgehead atoms. The van der Waals surface area contributed by atoms with Gasteiger partial charge in [-0.2, -0.15) is 0 Å². The lowest BCUT2D eigenvalue weighted by molar-refractivity contribution is -0.118. The molecule has 0 saturated heterocycles. The van der Waals surface area contributed by atoms with Gasteiger partial charge in [-0.05, 0) is 43.5 Å². The zero-order chi connectivity index (χ0) is 12.4. The average Bonchev–Trinajstić information content (AvgIpc) is 2.64. The second kappa shape index (κ2) is 4.88. The molecular weight excluding hydrogens is 212 g/mol. The SMILES string of the molecule is CCC(=O)N1c2ccc(CCN)cc2CC1C. The summed E-state index contributed by atoms with van der Waals surface area (Å²) in [6.07, 6.45) is 2.43. The predicted octanol–water partition coefficient (Wildman–Crippen LogP) is 1.88. The molecule has 2 rings (SSSR count). The Kier molecular flexibility index (Phi) is 3.48. The third-order valence-corrected chi connectivity index (χ3v) is 3.36. The molecule has 1 aliphatic heterocycles. The Hall–Kier alpha value is -1.35. The molecular formula is C14H20N2O. The summed E-state index contributed by atoms with van der Waals surface area (Å²) in [6, 6.07) is 6.63. The lowest BCUT2D eigenvalue weighted by Gasteiger charge is -2.22. The Morgan fingerprint density at radius 1 is 1.53 bits per heavy atom. The van der Waals surface area contributed by atoms with Gasteiger partial charge in [-0.3, -0.25) is 4.79 Å². The minimum atomic E-state index is 0.211. The molecule has 3 nitrogen and oxygen atoms in total. The summed E-state index contributed by atoms with van der Waals surface area (Å²) in [7, 11) is 0. The molecule has 1 aromatic rings. The van der Waals surface area contributed by atoms with Crippen LogP contribution in [-0.4, -0.2) is 18.5 Å². The quantitative estimate of drug-likeness (QED) is 0.865. The highest BCUT2D eigenvalue weighted by atomic mass is 16.2. The van der Waals surface area contributed by atoms with Crippen molar-refractivity contribution in [3.8, 4) is 0 Å². The van der Waals surface area contributed by atoms with Crippen LogP contribution in [0.25, 0.3) is 0 Å². The van der Waals surface area contributed by atoms with Crippen molar-refractivity contribution in [3.63, 3.8) is 0 Å². The first-order valence-electron chi connectivity index (χ1n) is 6.31. The maximum absolute atomic E-state index is 11.9. The fraction of sp³-hybridized carbons (Fsp3) is 0.500. The Labute approximate surface area is 103 Å². The molecule has 17 heavy (non-hydrogen) atoms. The van der Waals surface area contributed by atoms with Crippen LogP contribution in [0, 0.1) is 0 Å². The van der Waals surface area contributed by atoms with E-state index in [1.165, 1.54) is 11.1 Å². The Morgan fingerprint density at radius 3 is 2.94 bits per heavy atom. The van der Waals surface area contributed by atoms with Crippen molar-refractivity contribution < 1.29 is 4.79 Å². The number of nitrogens with two attached hydrogens (primary N) is 1. The molecule has 0 fully saturated rings. The summed E-state index contributed by atoms with van der Waals surface area (Å²) in [5, 5.41) is 0. The van der Waals surface area contributed by atoms with E-state index in [0.29, 0.717) is 13.0 Å². The van der Waals surface area contributed by atoms with Gasteiger partial charge in [0.05, 0.1) is 0 Å². The molecule has 0 spiro atoms. The molecule has 1 aromatic carbocycles. The van der Waals surface area contributed by atoms with E-state index in [4.69, 9.17) is 5.73 Å². The summed E-state index contributed by atoms with van der Waals surface area (Å²) >= 11 is 0. The summed E-state index contributed by atoms with van der Waals surface area (Å²) in [5.74, 6) is 0.211. The topological polar surface area (TPSA) is 46.3 Å². The van der Waals surface area contributed by atoms with Crippen LogP contribution in [0.2, 0.25) is 0 Å². The van der Waals surface area contributed by atoms with Gasteiger partial charge in [0.15, 0.2) is 0 Å². The summed E-state index contributed by atoms with van der Waals surface area (Å²) < 4.78 is 0. The zero-order valence-electron chi connectivity index (χ0n) is 10.6. The van der Waals surface area contributed by atoms with E-state index < -0.39 is 0 Å². The van der Waals surface area contributed by atoms with Crippen molar-refractivity contribution in [1.82, 2.24) is 0 Å². The summed E-state index contributed by atoms with van der Waals surface area (Å²) in [4.78, 5) is 13.8. The Morgan fingerprint density at radius 2 is 2.29 bits per heavy atom. The largest absolute Gasteiger partial charge is 0.330 e. The Balaban J connectivity index is 2.32. The average molecular weight is 232 g/mol. The molecule has 0 aromatic heterocycles. The van der Waals surface area contributed by atoms with Gasteiger partial charge in [0, 0.05) is 18.2 Å². The van der Waals surface area contributed by atoms with Crippen LogP contribution in [0.4, 0.5) is 5.69 Å². The minimum absolute atomic E-state index is 0.211. The van der Waals surface area contributed by atoms with Crippen LogP contribution in [0.3, 0.4) is 0 Å². The lowest BCUT2D eigenvalue weighted by atomic mass is 10.1. The van der Waals surface area contributed by atoms with Crippen LogP contribution in [0.5, 0.6) is 0 Å². The molecule has 1 atom stereocenters. The second-order valence-corrected chi connectivity index (χ2v) is 4.67. The number of anilines is 1. The van der Waals surface area contributed by atoms with Gasteiger partial charge in [0.25, 0.3) is 0 Å². The first-order chi connectivity index (χ1) is 8.17. The number of amides is 1. The fourth-order valence-electron chi connectivity index (χ4n) is 2.56. The maximum Gasteiger partial charge on any atom is 0.226 e. The normalized spacial score (nSPS) is 18.3. The zero-order valence-corrected chi connectivity index (χ0v) is 10.6. The van der Waals surface area contributed by atoms with Crippen molar-refractivity contribution in [1.29, 1.82) is 0 Å². The van der Waals surface area contributed by atoms with E-state index in [9.17, 15) is 4.79 Å². The van der Waals surface area contributed by atoms with Gasteiger partial charge in [-0.1, -0.05) is 19.1 Å². The number of hydrogen-bond donors (Lipinski definition) is 1. The highest BCUT2D eigenvalue weighted by molar-refractivity contribution is 5.96. The van der Waals surface area contributed by atoms with E-state index in [-0.39, 0.29) is 11.9 Å². The predicted molar refractivity (Wildman–Crippen MR) is 70.1 cm³/mol. The number of nitrogens with zero attached hydrogens (tertiary/aromatic N) is 1. The van der Waals surface area contributed by atoms with Gasteiger partial charge >= 0.3 is 0 Å². The highest BCUT2D eigenvalue weighted by Gasteiger charge is 2.29. The van der Waals surface area contributed by atoms with Crippen molar-refractivity contribution >= 4 is 11.6 Å². The van der Waals surface area contributed by atoms with Crippen molar-refractivity contribution in [2.75, 3.05) is 11.4 Å². The third kappa shape index (κ3) is 2.20. The maximum atomic E-state index is 11.9. The fourth-order valence-corrected chi connectivity index (χ4v) is 2.56. The molecule has 0 saturated carbocycles. The van der Waals surface area contributed by atoms with Crippen LogP contribution < -0.4 is 10.6 Å². The van der Waals surface area contributed by atoms with E-state index in [1.807, 2.05) is 11.8 Å². The van der Waals surface area contributed by atoms with Gasteiger partial charge in [-0.25, -0.2) is 0 Å². The first-order valence-corrected chi connectivity index (χ1v) is 6.31. The molecule has 1 heterocycles. The monoisotopic (exact) mass is 232 g/mol.